The second kappa shape index (κ2) is 3.17. The molecule has 1 heterocycles. The molecule has 0 atom stereocenters. The maximum Gasteiger partial charge on any atom is 0.112 e. The van der Waals surface area contributed by atoms with Crippen LogP contribution in [0.4, 0.5) is 5.69 Å². The van der Waals surface area contributed by atoms with Gasteiger partial charge in [0.25, 0.3) is 0 Å². The molecule has 0 spiro atoms. The molecule has 0 saturated carbocycles. The molecule has 0 amide bonds. The zero-order chi connectivity index (χ0) is 10.3. The molecule has 0 bridgehead atoms. The summed E-state index contributed by atoms with van der Waals surface area (Å²) >= 11 is 5.89. The van der Waals surface area contributed by atoms with E-state index in [1.165, 1.54) is 0 Å². The van der Waals surface area contributed by atoms with Crippen LogP contribution in [0.3, 0.4) is 0 Å². The number of H-pyrrole nitrogens is 1. The molecule has 2 rings (SSSR count). The predicted molar refractivity (Wildman–Crippen MR) is 59.6 cm³/mol. The van der Waals surface area contributed by atoms with Crippen LogP contribution in [0.5, 0.6) is 0 Å². The van der Waals surface area contributed by atoms with Gasteiger partial charge in [-0.05, 0) is 12.1 Å². The number of aromatic amines is 1. The molecule has 0 saturated heterocycles. The topological polar surface area (TPSA) is 54.7 Å². The van der Waals surface area contributed by atoms with Crippen molar-refractivity contribution in [3.05, 3.63) is 23.0 Å². The lowest BCUT2D eigenvalue weighted by molar-refractivity contribution is 0.799. The number of nitrogens with two attached hydrogens (primary N) is 1. The summed E-state index contributed by atoms with van der Waals surface area (Å²) in [6.07, 6.45) is 0. The van der Waals surface area contributed by atoms with Crippen LogP contribution in [0, 0.1) is 0 Å². The maximum atomic E-state index is 5.89. The van der Waals surface area contributed by atoms with E-state index < -0.39 is 0 Å². The fourth-order valence-electron chi connectivity index (χ4n) is 1.40. The van der Waals surface area contributed by atoms with Gasteiger partial charge in [0.1, 0.15) is 11.3 Å². The van der Waals surface area contributed by atoms with Crippen LogP contribution in [-0.2, 0) is 0 Å². The van der Waals surface area contributed by atoms with E-state index in [1.807, 2.05) is 6.07 Å². The van der Waals surface area contributed by atoms with Gasteiger partial charge in [-0.2, -0.15) is 0 Å². The number of aromatic nitrogens is 2. The van der Waals surface area contributed by atoms with Crippen molar-refractivity contribution in [2.24, 2.45) is 0 Å². The van der Waals surface area contributed by atoms with Crippen molar-refractivity contribution in [1.29, 1.82) is 0 Å². The van der Waals surface area contributed by atoms with Crippen LogP contribution < -0.4 is 5.73 Å². The Hall–Kier alpha value is -1.22. The number of halogens is 1. The van der Waals surface area contributed by atoms with Crippen LogP contribution >= 0.6 is 11.6 Å². The van der Waals surface area contributed by atoms with Crippen molar-refractivity contribution in [3.63, 3.8) is 0 Å². The highest BCUT2D eigenvalue weighted by Crippen LogP contribution is 2.25. The number of nitrogens with zero attached hydrogens (tertiary/aromatic N) is 1. The molecular weight excluding hydrogens is 198 g/mol. The zero-order valence-electron chi connectivity index (χ0n) is 8.13. The van der Waals surface area contributed by atoms with Crippen molar-refractivity contribution >= 4 is 28.3 Å². The minimum absolute atomic E-state index is 0.362. The Kier molecular flexibility index (Phi) is 2.11. The molecule has 3 N–H and O–H groups in total. The quantitative estimate of drug-likeness (QED) is 0.710. The highest BCUT2D eigenvalue weighted by atomic mass is 35.5. The number of hydrogen-bond donors (Lipinski definition) is 2. The number of anilines is 1. The SMILES string of the molecule is CC(C)c1nc2c(N)cc(Cl)cc2[nH]1. The smallest absolute Gasteiger partial charge is 0.112 e. The Morgan fingerprint density at radius 1 is 1.43 bits per heavy atom. The second-order valence-corrected chi connectivity index (χ2v) is 4.10. The lowest BCUT2D eigenvalue weighted by Gasteiger charge is -1.95. The minimum Gasteiger partial charge on any atom is -0.397 e. The first-order valence-electron chi connectivity index (χ1n) is 4.52. The maximum absolute atomic E-state index is 5.89. The Balaban J connectivity index is 2.70. The summed E-state index contributed by atoms with van der Waals surface area (Å²) in [7, 11) is 0. The molecule has 2 aromatic rings. The molecule has 0 fully saturated rings. The van der Waals surface area contributed by atoms with Gasteiger partial charge in [-0.1, -0.05) is 25.4 Å². The molecule has 74 valence electrons. The van der Waals surface area contributed by atoms with E-state index in [-0.39, 0.29) is 0 Å². The molecule has 1 aromatic heterocycles. The average molecular weight is 210 g/mol. The first-order chi connectivity index (χ1) is 6.58. The number of hydrogen-bond acceptors (Lipinski definition) is 2. The van der Waals surface area contributed by atoms with Crippen molar-refractivity contribution in [2.75, 3.05) is 5.73 Å². The molecule has 0 unspecified atom stereocenters. The summed E-state index contributed by atoms with van der Waals surface area (Å²) in [6.45, 7) is 4.16. The summed E-state index contributed by atoms with van der Waals surface area (Å²) in [5.41, 5.74) is 8.13. The van der Waals surface area contributed by atoms with E-state index in [0.29, 0.717) is 16.6 Å². The number of benzene rings is 1. The number of imidazole rings is 1. The summed E-state index contributed by atoms with van der Waals surface area (Å²) in [6, 6.07) is 3.56. The van der Waals surface area contributed by atoms with E-state index in [4.69, 9.17) is 17.3 Å². The summed E-state index contributed by atoms with van der Waals surface area (Å²) in [5, 5.41) is 0.633. The fraction of sp³-hybridized carbons (Fsp3) is 0.300. The third-order valence-corrected chi connectivity index (χ3v) is 2.36. The molecule has 3 nitrogen and oxygen atoms in total. The molecular formula is C10H12ClN3. The highest BCUT2D eigenvalue weighted by Gasteiger charge is 2.09. The van der Waals surface area contributed by atoms with Crippen LogP contribution in [0.25, 0.3) is 11.0 Å². The first kappa shape index (κ1) is 9.34. The Morgan fingerprint density at radius 2 is 2.14 bits per heavy atom. The fourth-order valence-corrected chi connectivity index (χ4v) is 1.63. The van der Waals surface area contributed by atoms with Crippen LogP contribution in [-0.4, -0.2) is 9.97 Å². The van der Waals surface area contributed by atoms with E-state index in [1.54, 1.807) is 6.07 Å². The molecule has 14 heavy (non-hydrogen) atoms. The largest absolute Gasteiger partial charge is 0.397 e. The summed E-state index contributed by atoms with van der Waals surface area (Å²) in [5.74, 6) is 1.30. The van der Waals surface area contributed by atoms with Gasteiger partial charge in [-0.25, -0.2) is 4.98 Å². The molecule has 0 aliphatic heterocycles. The second-order valence-electron chi connectivity index (χ2n) is 3.67. The lowest BCUT2D eigenvalue weighted by Crippen LogP contribution is -1.89. The monoisotopic (exact) mass is 209 g/mol. The molecule has 4 heteroatoms. The van der Waals surface area contributed by atoms with Gasteiger partial charge in [-0.3, -0.25) is 0 Å². The zero-order valence-corrected chi connectivity index (χ0v) is 8.89. The van der Waals surface area contributed by atoms with Gasteiger partial charge in [-0.15, -0.1) is 0 Å². The van der Waals surface area contributed by atoms with E-state index >= 15 is 0 Å². The first-order valence-corrected chi connectivity index (χ1v) is 4.90. The normalized spacial score (nSPS) is 11.4. The van der Waals surface area contributed by atoms with Crippen LogP contribution in [0.1, 0.15) is 25.6 Å². The molecule has 0 aliphatic rings. The average Bonchev–Trinajstić information content (AvgIpc) is 2.47. The van der Waals surface area contributed by atoms with E-state index in [2.05, 4.69) is 23.8 Å². The van der Waals surface area contributed by atoms with Crippen LogP contribution in [0.2, 0.25) is 5.02 Å². The minimum atomic E-state index is 0.362. The van der Waals surface area contributed by atoms with Gasteiger partial charge in [0.05, 0.1) is 11.2 Å². The standard InChI is InChI=1S/C10H12ClN3/c1-5(2)10-13-8-4-6(11)3-7(12)9(8)14-10/h3-5H,12H2,1-2H3,(H,13,14). The van der Waals surface area contributed by atoms with Gasteiger partial charge < -0.3 is 10.7 Å². The predicted octanol–water partition coefficient (Wildman–Crippen LogP) is 2.92. The molecule has 0 radical (unpaired) electrons. The van der Waals surface area contributed by atoms with E-state index in [9.17, 15) is 0 Å². The summed E-state index contributed by atoms with van der Waals surface area (Å²) < 4.78 is 0. The van der Waals surface area contributed by atoms with Gasteiger partial charge in [0, 0.05) is 10.9 Å². The van der Waals surface area contributed by atoms with Gasteiger partial charge in [0.2, 0.25) is 0 Å². The Bertz CT molecular complexity index is 473. The van der Waals surface area contributed by atoms with Gasteiger partial charge in [0.15, 0.2) is 0 Å². The summed E-state index contributed by atoms with van der Waals surface area (Å²) in [4.78, 5) is 7.61. The van der Waals surface area contributed by atoms with Crippen molar-refractivity contribution in [3.8, 4) is 0 Å². The van der Waals surface area contributed by atoms with E-state index in [0.717, 1.165) is 16.9 Å². The molecule has 0 aliphatic carbocycles. The number of nitrogen functional groups attached to an aromatic ring is 1. The highest BCUT2D eigenvalue weighted by molar-refractivity contribution is 6.31. The van der Waals surface area contributed by atoms with Crippen molar-refractivity contribution < 1.29 is 0 Å². The van der Waals surface area contributed by atoms with Crippen molar-refractivity contribution in [1.82, 2.24) is 9.97 Å². The number of fused-ring (bicyclic) bond motifs is 1. The third-order valence-electron chi connectivity index (χ3n) is 2.15. The lowest BCUT2D eigenvalue weighted by atomic mass is 10.2. The van der Waals surface area contributed by atoms with Crippen LogP contribution in [0.15, 0.2) is 12.1 Å². The number of nitrogens with one attached hydrogen (secondary N) is 1. The third kappa shape index (κ3) is 1.44. The van der Waals surface area contributed by atoms with Gasteiger partial charge >= 0.3 is 0 Å². The molecule has 1 aromatic carbocycles. The number of rotatable bonds is 1. The Labute approximate surface area is 87.3 Å². The van der Waals surface area contributed by atoms with Crippen molar-refractivity contribution in [2.45, 2.75) is 19.8 Å². The Morgan fingerprint density at radius 3 is 2.79 bits per heavy atom.